The first kappa shape index (κ1) is 19.2. The Bertz CT molecular complexity index is 949. The Labute approximate surface area is 163 Å². The normalized spacial score (nSPS) is 11.4. The summed E-state index contributed by atoms with van der Waals surface area (Å²) in [6, 6.07) is 18.1. The van der Waals surface area contributed by atoms with Crippen LogP contribution in [0.5, 0.6) is 5.75 Å². The van der Waals surface area contributed by atoms with E-state index in [0.29, 0.717) is 0 Å². The predicted octanol–water partition coefficient (Wildman–Crippen LogP) is 5.34. The van der Waals surface area contributed by atoms with Crippen LogP contribution in [0.15, 0.2) is 59.6 Å². The molecule has 0 fully saturated rings. The smallest absolute Gasteiger partial charge is 0.316 e. The fourth-order valence-corrected chi connectivity index (χ4v) is 3.43. The lowest BCUT2D eigenvalue weighted by molar-refractivity contribution is -0.151. The monoisotopic (exact) mass is 381 g/mol. The molecule has 0 bridgehead atoms. The molecule has 0 radical (unpaired) electrons. The Balaban J connectivity index is 1.97. The molecule has 0 unspecified atom stereocenters. The fourth-order valence-electron chi connectivity index (χ4n) is 2.75. The molecular weight excluding hydrogens is 358 g/mol. The second-order valence-corrected chi connectivity index (χ2v) is 8.13. The maximum absolute atomic E-state index is 12.1. The molecule has 0 atom stereocenters. The number of fused-ring (bicyclic) bond motifs is 1. The van der Waals surface area contributed by atoms with Crippen molar-refractivity contribution in [2.45, 2.75) is 31.4 Å². The molecule has 5 heteroatoms. The van der Waals surface area contributed by atoms with Gasteiger partial charge in [-0.15, -0.1) is 0 Å². The summed E-state index contributed by atoms with van der Waals surface area (Å²) in [6.45, 7) is 5.59. The standard InChI is InChI=1S/C22H23NO3S/c1-22(2,3)26-21(24)14-27-20-13-18(15-8-6-5-7-9-15)17-11-10-16(25-4)12-19(17)23-20/h5-13H,14H2,1-4H3. The maximum atomic E-state index is 12.1. The lowest BCUT2D eigenvalue weighted by atomic mass is 10.0. The van der Waals surface area contributed by atoms with Crippen LogP contribution in [0.3, 0.4) is 0 Å². The third kappa shape index (κ3) is 5.01. The predicted molar refractivity (Wildman–Crippen MR) is 110 cm³/mol. The van der Waals surface area contributed by atoms with Gasteiger partial charge >= 0.3 is 5.97 Å². The minimum Gasteiger partial charge on any atom is -0.497 e. The summed E-state index contributed by atoms with van der Waals surface area (Å²) < 4.78 is 10.7. The summed E-state index contributed by atoms with van der Waals surface area (Å²) in [7, 11) is 1.64. The van der Waals surface area contributed by atoms with Crippen LogP contribution in [0.2, 0.25) is 0 Å². The number of hydrogen-bond donors (Lipinski definition) is 0. The molecule has 1 heterocycles. The summed E-state index contributed by atoms with van der Waals surface area (Å²) in [4.78, 5) is 16.8. The number of pyridine rings is 1. The number of carbonyl (C=O) groups is 1. The van der Waals surface area contributed by atoms with E-state index in [9.17, 15) is 4.79 Å². The largest absolute Gasteiger partial charge is 0.497 e. The number of ether oxygens (including phenoxy) is 2. The number of nitrogens with zero attached hydrogens (tertiary/aromatic N) is 1. The molecule has 0 amide bonds. The molecule has 0 saturated carbocycles. The molecule has 0 N–H and O–H groups in total. The van der Waals surface area contributed by atoms with Crippen molar-refractivity contribution in [3.05, 3.63) is 54.6 Å². The number of esters is 1. The number of rotatable bonds is 5. The first-order chi connectivity index (χ1) is 12.9. The van der Waals surface area contributed by atoms with Gasteiger partial charge in [0.05, 0.1) is 23.4 Å². The van der Waals surface area contributed by atoms with Gasteiger partial charge in [0.2, 0.25) is 0 Å². The molecule has 0 aliphatic rings. The van der Waals surface area contributed by atoms with Crippen LogP contribution in [0.4, 0.5) is 0 Å². The van der Waals surface area contributed by atoms with E-state index in [1.165, 1.54) is 11.8 Å². The lowest BCUT2D eigenvalue weighted by Crippen LogP contribution is -2.24. The highest BCUT2D eigenvalue weighted by Gasteiger charge is 2.17. The zero-order valence-electron chi connectivity index (χ0n) is 16.0. The van der Waals surface area contributed by atoms with Gasteiger partial charge in [-0.25, -0.2) is 4.98 Å². The van der Waals surface area contributed by atoms with Gasteiger partial charge in [0.1, 0.15) is 11.4 Å². The summed E-state index contributed by atoms with van der Waals surface area (Å²) in [6.07, 6.45) is 0. The van der Waals surface area contributed by atoms with Crippen molar-refractivity contribution in [3.8, 4) is 16.9 Å². The Morgan fingerprint density at radius 1 is 1.07 bits per heavy atom. The number of aromatic nitrogens is 1. The summed E-state index contributed by atoms with van der Waals surface area (Å²) in [5.74, 6) is 0.721. The molecule has 4 nitrogen and oxygen atoms in total. The van der Waals surface area contributed by atoms with E-state index in [2.05, 4.69) is 12.1 Å². The van der Waals surface area contributed by atoms with Gasteiger partial charge in [0.25, 0.3) is 0 Å². The molecule has 0 aliphatic carbocycles. The minimum atomic E-state index is -0.489. The lowest BCUT2D eigenvalue weighted by Gasteiger charge is -2.19. The highest BCUT2D eigenvalue weighted by Crippen LogP contribution is 2.33. The van der Waals surface area contributed by atoms with Crippen molar-refractivity contribution in [1.82, 2.24) is 4.98 Å². The average Bonchev–Trinajstić information content (AvgIpc) is 2.64. The maximum Gasteiger partial charge on any atom is 0.316 e. The molecule has 1 aromatic heterocycles. The van der Waals surface area contributed by atoms with Crippen LogP contribution in [0.1, 0.15) is 20.8 Å². The molecule has 0 spiro atoms. The van der Waals surface area contributed by atoms with Gasteiger partial charge in [-0.1, -0.05) is 42.1 Å². The van der Waals surface area contributed by atoms with Crippen molar-refractivity contribution >= 4 is 28.6 Å². The Morgan fingerprint density at radius 2 is 1.81 bits per heavy atom. The van der Waals surface area contributed by atoms with Crippen molar-refractivity contribution in [1.29, 1.82) is 0 Å². The molecule has 2 aromatic carbocycles. The van der Waals surface area contributed by atoms with E-state index in [-0.39, 0.29) is 11.7 Å². The van der Waals surface area contributed by atoms with Crippen LogP contribution in [-0.2, 0) is 9.53 Å². The Morgan fingerprint density at radius 3 is 2.48 bits per heavy atom. The van der Waals surface area contributed by atoms with Crippen LogP contribution in [-0.4, -0.2) is 29.4 Å². The van der Waals surface area contributed by atoms with Crippen LogP contribution < -0.4 is 4.74 Å². The fraction of sp³-hybridized carbons (Fsp3) is 0.273. The summed E-state index contributed by atoms with van der Waals surface area (Å²) >= 11 is 1.38. The topological polar surface area (TPSA) is 48.4 Å². The van der Waals surface area contributed by atoms with Crippen LogP contribution >= 0.6 is 11.8 Å². The summed E-state index contributed by atoms with van der Waals surface area (Å²) in [5, 5.41) is 1.82. The van der Waals surface area contributed by atoms with Crippen LogP contribution in [0, 0.1) is 0 Å². The zero-order chi connectivity index (χ0) is 19.4. The van der Waals surface area contributed by atoms with E-state index in [1.807, 2.05) is 63.2 Å². The Kier molecular flexibility index (Phi) is 5.71. The first-order valence-electron chi connectivity index (χ1n) is 8.74. The average molecular weight is 381 g/mol. The van der Waals surface area contributed by atoms with Gasteiger partial charge in [-0.05, 0) is 50.1 Å². The third-order valence-corrected chi connectivity index (χ3v) is 4.72. The van der Waals surface area contributed by atoms with E-state index >= 15 is 0 Å². The number of thioether (sulfide) groups is 1. The summed E-state index contributed by atoms with van der Waals surface area (Å²) in [5.41, 5.74) is 2.53. The highest BCUT2D eigenvalue weighted by atomic mass is 32.2. The highest BCUT2D eigenvalue weighted by molar-refractivity contribution is 7.99. The molecule has 3 aromatic rings. The number of methoxy groups -OCH3 is 1. The van der Waals surface area contributed by atoms with Gasteiger partial charge in [-0.3, -0.25) is 4.79 Å². The van der Waals surface area contributed by atoms with Gasteiger partial charge in [-0.2, -0.15) is 0 Å². The molecule has 0 saturated heterocycles. The zero-order valence-corrected chi connectivity index (χ0v) is 16.8. The number of carbonyl (C=O) groups excluding carboxylic acids is 1. The Hall–Kier alpha value is -2.53. The molecule has 3 rings (SSSR count). The molecule has 140 valence electrons. The molecular formula is C22H23NO3S. The second-order valence-electron chi connectivity index (χ2n) is 7.13. The van der Waals surface area contributed by atoms with E-state index in [4.69, 9.17) is 14.5 Å². The van der Waals surface area contributed by atoms with Crippen molar-refractivity contribution < 1.29 is 14.3 Å². The van der Waals surface area contributed by atoms with Gasteiger partial charge in [0, 0.05) is 11.5 Å². The molecule has 27 heavy (non-hydrogen) atoms. The van der Waals surface area contributed by atoms with Crippen LogP contribution in [0.25, 0.3) is 22.0 Å². The van der Waals surface area contributed by atoms with E-state index in [1.54, 1.807) is 7.11 Å². The van der Waals surface area contributed by atoms with Gasteiger partial charge < -0.3 is 9.47 Å². The van der Waals surface area contributed by atoms with Crippen molar-refractivity contribution in [2.75, 3.05) is 12.9 Å². The van der Waals surface area contributed by atoms with Crippen molar-refractivity contribution in [3.63, 3.8) is 0 Å². The minimum absolute atomic E-state index is 0.216. The second kappa shape index (κ2) is 8.01. The quantitative estimate of drug-likeness (QED) is 0.441. The molecule has 0 aliphatic heterocycles. The van der Waals surface area contributed by atoms with E-state index < -0.39 is 5.60 Å². The first-order valence-corrected chi connectivity index (χ1v) is 9.73. The SMILES string of the molecule is COc1ccc2c(-c3ccccc3)cc(SCC(=O)OC(C)(C)C)nc2c1. The number of hydrogen-bond acceptors (Lipinski definition) is 5. The van der Waals surface area contributed by atoms with Gasteiger partial charge in [0.15, 0.2) is 0 Å². The third-order valence-electron chi connectivity index (χ3n) is 3.84. The number of benzene rings is 2. The van der Waals surface area contributed by atoms with Crippen molar-refractivity contribution in [2.24, 2.45) is 0 Å². The van der Waals surface area contributed by atoms with E-state index in [0.717, 1.165) is 32.8 Å².